The molecule has 1 aromatic heterocycles. The Labute approximate surface area is 330 Å². The second-order valence-electron chi connectivity index (χ2n) is 14.5. The van der Waals surface area contributed by atoms with Gasteiger partial charge in [-0.2, -0.15) is 0 Å². The molecule has 0 unspecified atom stereocenters. The van der Waals surface area contributed by atoms with Gasteiger partial charge < -0.3 is 4.90 Å². The predicted molar refractivity (Wildman–Crippen MR) is 243 cm³/mol. The molecular weight excluding hydrogens is 695 g/mol. The van der Waals surface area contributed by atoms with Gasteiger partial charge in [0, 0.05) is 26.8 Å². The SMILES string of the molecule is c1ccc(-c2cc(N(c3ccc(-c4cccc5ccccc45)cc3)c3ccc4c(ccc5ccccc54)c3)c3sc4c(-c5ccccc5)cccc4c3c2)cc1. The molecule has 0 N–H and O–H groups in total. The van der Waals surface area contributed by atoms with Crippen LogP contribution in [0.5, 0.6) is 0 Å². The Kier molecular flexibility index (Phi) is 7.75. The van der Waals surface area contributed by atoms with Gasteiger partial charge in [-0.05, 0) is 102 Å². The molecule has 0 amide bonds. The van der Waals surface area contributed by atoms with Crippen molar-refractivity contribution in [3.8, 4) is 33.4 Å². The van der Waals surface area contributed by atoms with E-state index in [2.05, 4.69) is 217 Å². The molecule has 1 heterocycles. The van der Waals surface area contributed by atoms with Gasteiger partial charge in [-0.1, -0.05) is 176 Å². The lowest BCUT2D eigenvalue weighted by Crippen LogP contribution is -2.10. The first-order chi connectivity index (χ1) is 27.8. The van der Waals surface area contributed by atoms with E-state index in [0.29, 0.717) is 0 Å². The van der Waals surface area contributed by atoms with Gasteiger partial charge in [0.15, 0.2) is 0 Å². The van der Waals surface area contributed by atoms with Crippen LogP contribution in [0.3, 0.4) is 0 Å². The summed E-state index contributed by atoms with van der Waals surface area (Å²) in [7, 11) is 0. The molecule has 1 nitrogen and oxygen atoms in total. The van der Waals surface area contributed by atoms with Crippen molar-refractivity contribution in [3.05, 3.63) is 212 Å². The van der Waals surface area contributed by atoms with Crippen LogP contribution in [0.25, 0.3) is 85.9 Å². The number of nitrogens with zero attached hydrogens (tertiary/aromatic N) is 1. The monoisotopic (exact) mass is 729 g/mol. The van der Waals surface area contributed by atoms with Crippen LogP contribution < -0.4 is 4.90 Å². The number of thiophene rings is 1. The Morgan fingerprint density at radius 2 is 0.857 bits per heavy atom. The van der Waals surface area contributed by atoms with Gasteiger partial charge in [-0.15, -0.1) is 11.3 Å². The van der Waals surface area contributed by atoms with Crippen LogP contribution in [0.15, 0.2) is 212 Å². The van der Waals surface area contributed by atoms with E-state index in [0.717, 1.165) is 11.4 Å². The van der Waals surface area contributed by atoms with Gasteiger partial charge >= 0.3 is 0 Å². The van der Waals surface area contributed by atoms with Crippen molar-refractivity contribution in [1.82, 2.24) is 0 Å². The Morgan fingerprint density at radius 1 is 0.286 bits per heavy atom. The molecule has 10 aromatic carbocycles. The van der Waals surface area contributed by atoms with Crippen LogP contribution in [0.2, 0.25) is 0 Å². The molecule has 11 aromatic rings. The van der Waals surface area contributed by atoms with E-state index in [1.807, 2.05) is 11.3 Å². The highest BCUT2D eigenvalue weighted by molar-refractivity contribution is 7.27. The Hall–Kier alpha value is -7.00. The molecule has 0 bridgehead atoms. The smallest absolute Gasteiger partial charge is 0.0646 e. The predicted octanol–water partition coefficient (Wildman–Crippen LogP) is 16.0. The summed E-state index contributed by atoms with van der Waals surface area (Å²) in [5.41, 5.74) is 10.7. The molecule has 0 aliphatic carbocycles. The fraction of sp³-hybridized carbons (Fsp3) is 0. The van der Waals surface area contributed by atoms with Gasteiger partial charge in [-0.25, -0.2) is 0 Å². The zero-order chi connectivity index (χ0) is 37.0. The van der Waals surface area contributed by atoms with Gasteiger partial charge in [0.1, 0.15) is 0 Å². The molecule has 11 rings (SSSR count). The van der Waals surface area contributed by atoms with Crippen molar-refractivity contribution in [2.75, 3.05) is 4.90 Å². The van der Waals surface area contributed by atoms with Crippen molar-refractivity contribution in [1.29, 1.82) is 0 Å². The molecular formula is C54H35NS. The minimum atomic E-state index is 1.11. The Bertz CT molecular complexity index is 3230. The standard InChI is InChI=1S/C54H35NS/c1-3-13-36(14-4-1)42-34-51-50-24-12-23-49(38-15-5-2-6-16-38)53(50)56-54(51)52(35-42)55(44-31-32-48-41(33-44)26-25-39-18-8-10-21-46(39)48)43-29-27-40(28-30-43)47-22-11-19-37-17-7-9-20-45(37)47/h1-35H. The Morgan fingerprint density at radius 3 is 1.66 bits per heavy atom. The van der Waals surface area contributed by atoms with E-state index < -0.39 is 0 Å². The van der Waals surface area contributed by atoms with Crippen molar-refractivity contribution in [2.45, 2.75) is 0 Å². The molecule has 0 aliphatic heterocycles. The van der Waals surface area contributed by atoms with E-state index in [1.165, 1.54) is 91.6 Å². The van der Waals surface area contributed by atoms with E-state index in [-0.39, 0.29) is 0 Å². The number of rotatable bonds is 6. The number of fused-ring (bicyclic) bond motifs is 7. The van der Waals surface area contributed by atoms with Crippen LogP contribution in [0.4, 0.5) is 17.1 Å². The summed E-state index contributed by atoms with van der Waals surface area (Å²) in [6.07, 6.45) is 0. The summed E-state index contributed by atoms with van der Waals surface area (Å²) in [6.45, 7) is 0. The van der Waals surface area contributed by atoms with Crippen LogP contribution in [-0.2, 0) is 0 Å². The lowest BCUT2D eigenvalue weighted by atomic mass is 9.97. The second-order valence-corrected chi connectivity index (χ2v) is 15.5. The summed E-state index contributed by atoms with van der Waals surface area (Å²) < 4.78 is 2.57. The summed E-state index contributed by atoms with van der Waals surface area (Å²) in [5.74, 6) is 0. The van der Waals surface area contributed by atoms with Crippen LogP contribution in [0, 0.1) is 0 Å². The van der Waals surface area contributed by atoms with Crippen molar-refractivity contribution in [2.24, 2.45) is 0 Å². The number of hydrogen-bond acceptors (Lipinski definition) is 2. The third-order valence-corrected chi connectivity index (χ3v) is 12.5. The summed E-state index contributed by atoms with van der Waals surface area (Å²) in [6, 6.07) is 77.8. The molecule has 0 saturated heterocycles. The van der Waals surface area contributed by atoms with Gasteiger partial charge in [0.05, 0.1) is 10.4 Å². The molecule has 0 fully saturated rings. The number of anilines is 3. The lowest BCUT2D eigenvalue weighted by molar-refractivity contribution is 1.31. The molecule has 0 aliphatic rings. The normalized spacial score (nSPS) is 11.6. The summed E-state index contributed by atoms with van der Waals surface area (Å²) in [5, 5.41) is 10.1. The van der Waals surface area contributed by atoms with E-state index in [1.54, 1.807) is 0 Å². The van der Waals surface area contributed by atoms with Crippen LogP contribution >= 0.6 is 11.3 Å². The first-order valence-corrected chi connectivity index (χ1v) is 20.0. The lowest BCUT2D eigenvalue weighted by Gasteiger charge is -2.27. The molecule has 262 valence electrons. The third kappa shape index (κ3) is 5.46. The maximum absolute atomic E-state index is 2.48. The fourth-order valence-corrected chi connectivity index (χ4v) is 9.85. The average molecular weight is 730 g/mol. The molecule has 0 saturated carbocycles. The highest BCUT2D eigenvalue weighted by Crippen LogP contribution is 2.49. The Balaban J connectivity index is 1.18. The van der Waals surface area contributed by atoms with Crippen molar-refractivity contribution < 1.29 is 0 Å². The van der Waals surface area contributed by atoms with Gasteiger partial charge in [0.25, 0.3) is 0 Å². The minimum Gasteiger partial charge on any atom is -0.309 e. The van der Waals surface area contributed by atoms with E-state index in [4.69, 9.17) is 0 Å². The third-order valence-electron chi connectivity index (χ3n) is 11.2. The molecule has 0 spiro atoms. The first kappa shape index (κ1) is 32.4. The molecule has 0 atom stereocenters. The average Bonchev–Trinajstić information content (AvgIpc) is 3.66. The summed E-state index contributed by atoms with van der Waals surface area (Å²) in [4.78, 5) is 2.48. The number of hydrogen-bond donors (Lipinski definition) is 0. The molecule has 2 heteroatoms. The highest BCUT2D eigenvalue weighted by Gasteiger charge is 2.22. The maximum Gasteiger partial charge on any atom is 0.0646 e. The van der Waals surface area contributed by atoms with Crippen molar-refractivity contribution in [3.63, 3.8) is 0 Å². The zero-order valence-corrected chi connectivity index (χ0v) is 31.4. The zero-order valence-electron chi connectivity index (χ0n) is 30.6. The largest absolute Gasteiger partial charge is 0.309 e. The van der Waals surface area contributed by atoms with Gasteiger partial charge in [0.2, 0.25) is 0 Å². The fourth-order valence-electron chi connectivity index (χ4n) is 8.52. The minimum absolute atomic E-state index is 1.11. The quantitative estimate of drug-likeness (QED) is 0.154. The highest BCUT2D eigenvalue weighted by atomic mass is 32.1. The molecule has 0 radical (unpaired) electrons. The topological polar surface area (TPSA) is 3.24 Å². The van der Waals surface area contributed by atoms with Gasteiger partial charge in [-0.3, -0.25) is 0 Å². The van der Waals surface area contributed by atoms with Crippen LogP contribution in [-0.4, -0.2) is 0 Å². The van der Waals surface area contributed by atoms with Crippen LogP contribution in [0.1, 0.15) is 0 Å². The number of benzene rings is 10. The molecule has 56 heavy (non-hydrogen) atoms. The van der Waals surface area contributed by atoms with Crippen molar-refractivity contribution >= 4 is 80.9 Å². The summed E-state index contributed by atoms with van der Waals surface area (Å²) >= 11 is 1.90. The van der Waals surface area contributed by atoms with E-state index in [9.17, 15) is 0 Å². The first-order valence-electron chi connectivity index (χ1n) is 19.2. The van der Waals surface area contributed by atoms with E-state index >= 15 is 0 Å². The second kappa shape index (κ2) is 13.4. The maximum atomic E-state index is 2.48.